The normalized spacial score (nSPS) is 35.3. The van der Waals surface area contributed by atoms with E-state index < -0.39 is 0 Å². The van der Waals surface area contributed by atoms with Crippen molar-refractivity contribution in [2.45, 2.75) is 25.7 Å². The molecule has 86 valence electrons. The summed E-state index contributed by atoms with van der Waals surface area (Å²) in [5, 5.41) is 0. The van der Waals surface area contributed by atoms with Crippen molar-refractivity contribution >= 4 is 29.1 Å². The minimum absolute atomic E-state index is 0.0860. The van der Waals surface area contributed by atoms with Crippen molar-refractivity contribution < 1.29 is 4.79 Å². The van der Waals surface area contributed by atoms with Gasteiger partial charge in [-0.1, -0.05) is 0 Å². The van der Waals surface area contributed by atoms with Crippen LogP contribution in [-0.4, -0.2) is 35.7 Å². The van der Waals surface area contributed by atoms with Gasteiger partial charge in [0.15, 0.2) is 0 Å². The fourth-order valence-corrected chi connectivity index (χ4v) is 3.49. The van der Waals surface area contributed by atoms with E-state index in [4.69, 9.17) is 23.2 Å². The molecule has 2 rings (SSSR count). The Morgan fingerprint density at radius 3 is 2.80 bits per heavy atom. The Morgan fingerprint density at radius 1 is 1.40 bits per heavy atom. The van der Waals surface area contributed by atoms with Crippen LogP contribution in [0.25, 0.3) is 0 Å². The van der Waals surface area contributed by atoms with Crippen LogP contribution >= 0.6 is 23.2 Å². The van der Waals surface area contributed by atoms with Gasteiger partial charge < -0.3 is 4.90 Å². The molecule has 1 saturated heterocycles. The maximum Gasteiger partial charge on any atom is 0.237 e. The fraction of sp³-hybridized carbons (Fsp3) is 0.909. The lowest BCUT2D eigenvalue weighted by molar-refractivity contribution is -0.127. The van der Waals surface area contributed by atoms with Crippen LogP contribution in [0.3, 0.4) is 0 Å². The molecule has 0 bridgehead atoms. The Hall–Kier alpha value is 0.0500. The summed E-state index contributed by atoms with van der Waals surface area (Å²) < 4.78 is 0. The quantitative estimate of drug-likeness (QED) is 0.689. The summed E-state index contributed by atoms with van der Waals surface area (Å²) in [6.45, 7) is 1.80. The smallest absolute Gasteiger partial charge is 0.237 e. The summed E-state index contributed by atoms with van der Waals surface area (Å²) in [7, 11) is 0. The number of nitrogens with zero attached hydrogens (tertiary/aromatic N) is 1. The standard InChI is InChI=1S/C11H17Cl2NO/c12-6-9-1-2-11(5-9)3-4-14(8-11)10(15)7-13/h9H,1-8H2/t9-,11+/m0/s1. The molecule has 0 aromatic rings. The SMILES string of the molecule is O=C(CCl)N1CC[C@@]2(CC[C@H](CCl)C2)C1. The highest BCUT2D eigenvalue weighted by Gasteiger charge is 2.44. The maximum absolute atomic E-state index is 11.5. The summed E-state index contributed by atoms with van der Waals surface area (Å²) in [6, 6.07) is 0. The lowest BCUT2D eigenvalue weighted by Crippen LogP contribution is -2.32. The highest BCUT2D eigenvalue weighted by atomic mass is 35.5. The average molecular weight is 250 g/mol. The predicted octanol–water partition coefficient (Wildman–Crippen LogP) is 2.48. The molecule has 0 aromatic heterocycles. The molecule has 2 aliphatic rings. The topological polar surface area (TPSA) is 20.3 Å². The molecule has 2 nitrogen and oxygen atoms in total. The number of alkyl halides is 2. The average Bonchev–Trinajstić information content (AvgIpc) is 2.86. The maximum atomic E-state index is 11.5. The second-order valence-electron chi connectivity index (χ2n) is 4.96. The minimum Gasteiger partial charge on any atom is -0.341 e. The van der Waals surface area contributed by atoms with E-state index in [1.165, 1.54) is 19.3 Å². The van der Waals surface area contributed by atoms with Crippen LogP contribution in [0.5, 0.6) is 0 Å². The molecule has 1 spiro atoms. The van der Waals surface area contributed by atoms with E-state index in [9.17, 15) is 4.79 Å². The van der Waals surface area contributed by atoms with Crippen molar-refractivity contribution in [1.29, 1.82) is 0 Å². The van der Waals surface area contributed by atoms with E-state index in [1.54, 1.807) is 0 Å². The lowest BCUT2D eigenvalue weighted by atomic mass is 9.85. The molecule has 1 aliphatic carbocycles. The third-order valence-electron chi connectivity index (χ3n) is 3.93. The zero-order valence-electron chi connectivity index (χ0n) is 8.85. The summed E-state index contributed by atoms with van der Waals surface area (Å²) >= 11 is 11.5. The van der Waals surface area contributed by atoms with Crippen LogP contribution in [0.15, 0.2) is 0 Å². The van der Waals surface area contributed by atoms with Gasteiger partial charge in [-0.3, -0.25) is 4.79 Å². The number of carbonyl (C=O) groups excluding carboxylic acids is 1. The molecule has 0 N–H and O–H groups in total. The van der Waals surface area contributed by atoms with Crippen molar-refractivity contribution in [3.05, 3.63) is 0 Å². The van der Waals surface area contributed by atoms with Gasteiger partial charge in [0.05, 0.1) is 0 Å². The molecule has 15 heavy (non-hydrogen) atoms. The Labute approximate surface area is 101 Å². The molecule has 1 heterocycles. The molecular weight excluding hydrogens is 233 g/mol. The van der Waals surface area contributed by atoms with E-state index >= 15 is 0 Å². The summed E-state index contributed by atoms with van der Waals surface area (Å²) in [4.78, 5) is 13.4. The van der Waals surface area contributed by atoms with Gasteiger partial charge in [-0.2, -0.15) is 0 Å². The first-order valence-corrected chi connectivity index (χ1v) is 6.66. The summed E-state index contributed by atoms with van der Waals surface area (Å²) in [5.74, 6) is 1.64. The molecule has 0 radical (unpaired) electrons. The number of halogens is 2. The third kappa shape index (κ3) is 2.26. The van der Waals surface area contributed by atoms with Gasteiger partial charge in [-0.25, -0.2) is 0 Å². The highest BCUT2D eigenvalue weighted by molar-refractivity contribution is 6.27. The van der Waals surface area contributed by atoms with Crippen molar-refractivity contribution in [3.63, 3.8) is 0 Å². The largest absolute Gasteiger partial charge is 0.341 e. The third-order valence-corrected chi connectivity index (χ3v) is 4.59. The molecule has 0 aromatic carbocycles. The van der Waals surface area contributed by atoms with E-state index in [0.717, 1.165) is 25.4 Å². The number of likely N-dealkylation sites (tertiary alicyclic amines) is 1. The monoisotopic (exact) mass is 249 g/mol. The Bertz CT molecular complexity index is 259. The van der Waals surface area contributed by atoms with Crippen LogP contribution in [-0.2, 0) is 4.79 Å². The fourth-order valence-electron chi connectivity index (χ4n) is 3.06. The highest BCUT2D eigenvalue weighted by Crippen LogP contribution is 2.48. The van der Waals surface area contributed by atoms with Crippen molar-refractivity contribution in [2.75, 3.05) is 24.8 Å². The van der Waals surface area contributed by atoms with Gasteiger partial charge in [0.25, 0.3) is 0 Å². The molecule has 4 heteroatoms. The van der Waals surface area contributed by atoms with Crippen molar-refractivity contribution in [2.24, 2.45) is 11.3 Å². The Kier molecular flexibility index (Phi) is 3.46. The van der Waals surface area contributed by atoms with Gasteiger partial charge in [0.2, 0.25) is 5.91 Å². The molecule has 2 atom stereocenters. The van der Waals surface area contributed by atoms with Crippen LogP contribution in [0.1, 0.15) is 25.7 Å². The molecule has 1 amide bonds. The van der Waals surface area contributed by atoms with E-state index in [1.807, 2.05) is 4.90 Å². The molecule has 0 unspecified atom stereocenters. The van der Waals surface area contributed by atoms with E-state index in [0.29, 0.717) is 11.3 Å². The van der Waals surface area contributed by atoms with Gasteiger partial charge in [-0.15, -0.1) is 23.2 Å². The van der Waals surface area contributed by atoms with Gasteiger partial charge in [0.1, 0.15) is 5.88 Å². The molecule has 1 saturated carbocycles. The number of rotatable bonds is 2. The number of hydrogen-bond donors (Lipinski definition) is 0. The van der Waals surface area contributed by atoms with Gasteiger partial charge in [-0.05, 0) is 37.0 Å². The number of hydrogen-bond acceptors (Lipinski definition) is 1. The first kappa shape index (κ1) is 11.5. The first-order valence-electron chi connectivity index (χ1n) is 5.59. The zero-order chi connectivity index (χ0) is 10.9. The van der Waals surface area contributed by atoms with Gasteiger partial charge >= 0.3 is 0 Å². The number of carbonyl (C=O) groups is 1. The molecular formula is C11H17Cl2NO. The van der Waals surface area contributed by atoms with E-state index in [-0.39, 0.29) is 11.8 Å². The predicted molar refractivity (Wildman–Crippen MR) is 62.4 cm³/mol. The molecule has 1 aliphatic heterocycles. The van der Waals surface area contributed by atoms with Crippen LogP contribution in [0, 0.1) is 11.3 Å². The second kappa shape index (κ2) is 4.50. The first-order chi connectivity index (χ1) is 7.19. The molecule has 2 fully saturated rings. The second-order valence-corrected chi connectivity index (χ2v) is 5.54. The summed E-state index contributed by atoms with van der Waals surface area (Å²) in [5.41, 5.74) is 0.376. The van der Waals surface area contributed by atoms with Crippen LogP contribution < -0.4 is 0 Å². The zero-order valence-corrected chi connectivity index (χ0v) is 10.4. The summed E-state index contributed by atoms with van der Waals surface area (Å²) in [6.07, 6.45) is 4.80. The lowest BCUT2D eigenvalue weighted by Gasteiger charge is -2.23. The number of amides is 1. The Morgan fingerprint density at radius 2 is 2.20 bits per heavy atom. The van der Waals surface area contributed by atoms with E-state index in [2.05, 4.69) is 0 Å². The minimum atomic E-state index is 0.0860. The van der Waals surface area contributed by atoms with Crippen LogP contribution in [0.2, 0.25) is 0 Å². The van der Waals surface area contributed by atoms with Crippen molar-refractivity contribution in [1.82, 2.24) is 4.90 Å². The van der Waals surface area contributed by atoms with Crippen molar-refractivity contribution in [3.8, 4) is 0 Å². The van der Waals surface area contributed by atoms with Gasteiger partial charge in [0, 0.05) is 19.0 Å². The Balaban J connectivity index is 1.94. The van der Waals surface area contributed by atoms with Crippen LogP contribution in [0.4, 0.5) is 0 Å².